The molecule has 2 nitrogen and oxygen atoms in total. The molecule has 0 unspecified atom stereocenters. The predicted molar refractivity (Wildman–Crippen MR) is 96.4 cm³/mol. The quantitative estimate of drug-likeness (QED) is 0.540. The number of carboxylic acid groups (broad SMARTS) is 1. The third-order valence-electron chi connectivity index (χ3n) is 6.24. The van der Waals surface area contributed by atoms with Crippen molar-refractivity contribution in [2.45, 2.75) is 90.4 Å². The van der Waals surface area contributed by atoms with Gasteiger partial charge in [0.25, 0.3) is 0 Å². The normalized spacial score (nSPS) is 32.2. The average molecular weight is 321 g/mol. The lowest BCUT2D eigenvalue weighted by Crippen LogP contribution is -2.17. The van der Waals surface area contributed by atoms with Crippen LogP contribution in [0, 0.1) is 23.7 Å². The smallest absolute Gasteiger partial charge is 0.307 e. The molecule has 0 amide bonds. The SMILES string of the molecule is CCC[C@H]1CC[C@H](CC[C@H]2CC[C@H](C=CCC(=O)O)CC2)CC1. The first-order valence-electron chi connectivity index (χ1n) is 10.1. The Morgan fingerprint density at radius 3 is 1.83 bits per heavy atom. The maximum absolute atomic E-state index is 10.5. The maximum atomic E-state index is 10.5. The van der Waals surface area contributed by atoms with Crippen LogP contribution in [0.3, 0.4) is 0 Å². The van der Waals surface area contributed by atoms with Gasteiger partial charge in [-0.1, -0.05) is 70.4 Å². The van der Waals surface area contributed by atoms with Gasteiger partial charge in [-0.25, -0.2) is 0 Å². The second-order valence-electron chi connectivity index (χ2n) is 8.06. The summed E-state index contributed by atoms with van der Waals surface area (Å²) >= 11 is 0. The molecule has 0 aromatic carbocycles. The monoisotopic (exact) mass is 320 g/mol. The number of carboxylic acids is 1. The van der Waals surface area contributed by atoms with Crippen molar-refractivity contribution in [3.05, 3.63) is 12.2 Å². The first-order valence-corrected chi connectivity index (χ1v) is 10.1. The van der Waals surface area contributed by atoms with Crippen LogP contribution >= 0.6 is 0 Å². The predicted octanol–water partition coefficient (Wildman–Crippen LogP) is 6.21. The molecule has 0 radical (unpaired) electrons. The van der Waals surface area contributed by atoms with Crippen molar-refractivity contribution in [1.82, 2.24) is 0 Å². The second kappa shape index (κ2) is 10.2. The van der Waals surface area contributed by atoms with E-state index in [1.165, 1.54) is 77.0 Å². The fraction of sp³-hybridized carbons (Fsp3) is 0.857. The highest BCUT2D eigenvalue weighted by atomic mass is 16.4. The number of hydrogen-bond acceptors (Lipinski definition) is 1. The van der Waals surface area contributed by atoms with Gasteiger partial charge < -0.3 is 5.11 Å². The molecule has 132 valence electrons. The zero-order valence-corrected chi connectivity index (χ0v) is 15.0. The molecule has 0 aromatic heterocycles. The van der Waals surface area contributed by atoms with Crippen LogP contribution in [0.25, 0.3) is 0 Å². The Bertz CT molecular complexity index is 358. The lowest BCUT2D eigenvalue weighted by atomic mass is 9.75. The van der Waals surface area contributed by atoms with Crippen LogP contribution in [0.5, 0.6) is 0 Å². The van der Waals surface area contributed by atoms with Crippen molar-refractivity contribution < 1.29 is 9.90 Å². The van der Waals surface area contributed by atoms with Gasteiger partial charge in [-0.05, 0) is 49.4 Å². The molecule has 0 aliphatic heterocycles. The van der Waals surface area contributed by atoms with E-state index in [4.69, 9.17) is 5.11 Å². The summed E-state index contributed by atoms with van der Waals surface area (Å²) in [5.41, 5.74) is 0. The summed E-state index contributed by atoms with van der Waals surface area (Å²) in [6.07, 6.45) is 21.1. The molecular formula is C21H36O2. The lowest BCUT2D eigenvalue weighted by Gasteiger charge is -2.31. The van der Waals surface area contributed by atoms with Crippen LogP contribution in [-0.4, -0.2) is 11.1 Å². The van der Waals surface area contributed by atoms with E-state index in [9.17, 15) is 4.79 Å². The zero-order chi connectivity index (χ0) is 16.5. The summed E-state index contributed by atoms with van der Waals surface area (Å²) in [6.45, 7) is 2.32. The molecule has 1 N–H and O–H groups in total. The molecule has 2 saturated carbocycles. The number of rotatable bonds is 8. The summed E-state index contributed by atoms with van der Waals surface area (Å²) in [5.74, 6) is 2.90. The van der Waals surface area contributed by atoms with Gasteiger partial charge in [0.1, 0.15) is 0 Å². The summed E-state index contributed by atoms with van der Waals surface area (Å²) in [4.78, 5) is 10.5. The van der Waals surface area contributed by atoms with Crippen molar-refractivity contribution in [3.8, 4) is 0 Å². The van der Waals surface area contributed by atoms with Crippen molar-refractivity contribution in [1.29, 1.82) is 0 Å². The molecule has 23 heavy (non-hydrogen) atoms. The van der Waals surface area contributed by atoms with E-state index in [0.29, 0.717) is 5.92 Å². The molecule has 2 rings (SSSR count). The molecule has 2 aliphatic rings. The van der Waals surface area contributed by atoms with Gasteiger partial charge in [0.15, 0.2) is 0 Å². The molecule has 2 heteroatoms. The molecule has 0 heterocycles. The van der Waals surface area contributed by atoms with Gasteiger partial charge in [0.05, 0.1) is 6.42 Å². The molecule has 2 fully saturated rings. The largest absolute Gasteiger partial charge is 0.481 e. The minimum absolute atomic E-state index is 0.181. The van der Waals surface area contributed by atoms with Gasteiger partial charge in [-0.3, -0.25) is 4.79 Å². The minimum atomic E-state index is -0.719. The maximum Gasteiger partial charge on any atom is 0.307 e. The first-order chi connectivity index (χ1) is 11.2. The van der Waals surface area contributed by atoms with E-state index in [0.717, 1.165) is 17.8 Å². The number of aliphatic carboxylic acids is 1. The van der Waals surface area contributed by atoms with Crippen LogP contribution < -0.4 is 0 Å². The van der Waals surface area contributed by atoms with E-state index in [-0.39, 0.29) is 6.42 Å². The van der Waals surface area contributed by atoms with Gasteiger partial charge in [0.2, 0.25) is 0 Å². The van der Waals surface area contributed by atoms with Gasteiger partial charge in [-0.2, -0.15) is 0 Å². The molecule has 0 atom stereocenters. The molecular weight excluding hydrogens is 284 g/mol. The Hall–Kier alpha value is -0.790. The third-order valence-corrected chi connectivity index (χ3v) is 6.24. The van der Waals surface area contributed by atoms with E-state index >= 15 is 0 Å². The lowest BCUT2D eigenvalue weighted by molar-refractivity contribution is -0.136. The second-order valence-corrected chi connectivity index (χ2v) is 8.06. The summed E-state index contributed by atoms with van der Waals surface area (Å²) in [6, 6.07) is 0. The summed E-state index contributed by atoms with van der Waals surface area (Å²) < 4.78 is 0. The Labute approximate surface area is 142 Å². The highest BCUT2D eigenvalue weighted by Gasteiger charge is 2.23. The van der Waals surface area contributed by atoms with Crippen LogP contribution in [0.1, 0.15) is 90.4 Å². The Morgan fingerprint density at radius 2 is 1.35 bits per heavy atom. The zero-order valence-electron chi connectivity index (χ0n) is 15.0. The fourth-order valence-corrected chi connectivity index (χ4v) is 4.72. The minimum Gasteiger partial charge on any atom is -0.481 e. The van der Waals surface area contributed by atoms with Crippen molar-refractivity contribution >= 4 is 5.97 Å². The third kappa shape index (κ3) is 7.10. The first kappa shape index (κ1) is 18.5. The van der Waals surface area contributed by atoms with Crippen LogP contribution in [0.4, 0.5) is 0 Å². The van der Waals surface area contributed by atoms with Crippen molar-refractivity contribution in [2.75, 3.05) is 0 Å². The van der Waals surface area contributed by atoms with Gasteiger partial charge in [0, 0.05) is 0 Å². The Morgan fingerprint density at radius 1 is 0.870 bits per heavy atom. The highest BCUT2D eigenvalue weighted by Crippen LogP contribution is 2.37. The van der Waals surface area contributed by atoms with Crippen molar-refractivity contribution in [2.24, 2.45) is 23.7 Å². The van der Waals surface area contributed by atoms with Crippen LogP contribution in [0.2, 0.25) is 0 Å². The standard InChI is InChI=1S/C21H36O2/c1-2-4-17-7-11-19(12-8-17)15-16-20-13-9-18(10-14-20)5-3-6-21(22)23/h3,5,17-20H,2,4,6-16H2,1H3,(H,22,23)/t17-,18-,19-,20-. The number of hydrogen-bond donors (Lipinski definition) is 1. The van der Waals surface area contributed by atoms with E-state index in [1.807, 2.05) is 6.08 Å². The highest BCUT2D eigenvalue weighted by molar-refractivity contribution is 5.68. The molecule has 0 saturated heterocycles. The average Bonchev–Trinajstić information content (AvgIpc) is 2.55. The molecule has 2 aliphatic carbocycles. The summed E-state index contributed by atoms with van der Waals surface area (Å²) in [7, 11) is 0. The topological polar surface area (TPSA) is 37.3 Å². The van der Waals surface area contributed by atoms with E-state index < -0.39 is 5.97 Å². The number of allylic oxidation sites excluding steroid dienone is 1. The van der Waals surface area contributed by atoms with Gasteiger partial charge >= 0.3 is 5.97 Å². The fourth-order valence-electron chi connectivity index (χ4n) is 4.72. The molecule has 0 spiro atoms. The molecule has 0 bridgehead atoms. The van der Waals surface area contributed by atoms with Gasteiger partial charge in [-0.15, -0.1) is 0 Å². The molecule has 0 aromatic rings. The van der Waals surface area contributed by atoms with E-state index in [1.54, 1.807) is 0 Å². The van der Waals surface area contributed by atoms with Crippen LogP contribution in [0.15, 0.2) is 12.2 Å². The van der Waals surface area contributed by atoms with E-state index in [2.05, 4.69) is 13.0 Å². The Balaban J connectivity index is 1.56. The van der Waals surface area contributed by atoms with Crippen molar-refractivity contribution in [3.63, 3.8) is 0 Å². The van der Waals surface area contributed by atoms with Crippen LogP contribution in [-0.2, 0) is 4.79 Å². The summed E-state index contributed by atoms with van der Waals surface area (Å²) in [5, 5.41) is 8.67. The number of carbonyl (C=O) groups is 1. The Kier molecular flexibility index (Phi) is 8.19.